The molecule has 6 heteroatoms. The number of aromatic nitrogens is 1. The van der Waals surface area contributed by atoms with Crippen LogP contribution in [0.15, 0.2) is 62.8 Å². The van der Waals surface area contributed by atoms with Gasteiger partial charge in [-0.3, -0.25) is 4.79 Å². The maximum atomic E-state index is 12.2. The molecule has 3 aromatic rings. The van der Waals surface area contributed by atoms with E-state index in [1.807, 2.05) is 56.3 Å². The van der Waals surface area contributed by atoms with Crippen molar-refractivity contribution in [1.29, 1.82) is 0 Å². The van der Waals surface area contributed by atoms with Gasteiger partial charge in [0.25, 0.3) is 5.22 Å². The van der Waals surface area contributed by atoms with Crippen molar-refractivity contribution >= 4 is 39.3 Å². The van der Waals surface area contributed by atoms with Crippen molar-refractivity contribution in [2.24, 2.45) is 0 Å². The molecule has 0 aliphatic carbocycles. The molecule has 0 aliphatic heterocycles. The van der Waals surface area contributed by atoms with Gasteiger partial charge in [0, 0.05) is 15.7 Å². The number of anilines is 1. The van der Waals surface area contributed by atoms with Crippen molar-refractivity contribution < 1.29 is 9.21 Å². The van der Waals surface area contributed by atoms with E-state index in [2.05, 4.69) is 26.2 Å². The Bertz CT molecular complexity index is 908. The zero-order valence-electron chi connectivity index (χ0n) is 13.9. The molecule has 4 nitrogen and oxygen atoms in total. The van der Waals surface area contributed by atoms with E-state index < -0.39 is 0 Å². The minimum atomic E-state index is -0.0825. The van der Waals surface area contributed by atoms with E-state index in [9.17, 15) is 4.79 Å². The van der Waals surface area contributed by atoms with Crippen molar-refractivity contribution in [2.45, 2.75) is 19.1 Å². The van der Waals surface area contributed by atoms with Crippen LogP contribution >= 0.6 is 27.7 Å². The highest BCUT2D eigenvalue weighted by atomic mass is 79.9. The van der Waals surface area contributed by atoms with E-state index in [0.29, 0.717) is 11.0 Å². The lowest BCUT2D eigenvalue weighted by Crippen LogP contribution is -2.15. The Morgan fingerprint density at radius 1 is 1.24 bits per heavy atom. The molecule has 0 saturated heterocycles. The Hall–Kier alpha value is -2.05. The quantitative estimate of drug-likeness (QED) is 0.561. The smallest absolute Gasteiger partial charge is 0.256 e. The summed E-state index contributed by atoms with van der Waals surface area (Å²) in [6, 6.07) is 13.7. The molecule has 0 bridgehead atoms. The van der Waals surface area contributed by atoms with Gasteiger partial charge < -0.3 is 9.73 Å². The second-order valence-electron chi connectivity index (χ2n) is 5.59. The Kier molecular flexibility index (Phi) is 5.60. The molecule has 1 aromatic heterocycles. The summed E-state index contributed by atoms with van der Waals surface area (Å²) < 4.78 is 6.69. The lowest BCUT2D eigenvalue weighted by Gasteiger charge is -2.09. The Labute approximate surface area is 159 Å². The van der Waals surface area contributed by atoms with E-state index in [0.717, 1.165) is 26.9 Å². The first-order valence-corrected chi connectivity index (χ1v) is 9.51. The predicted molar refractivity (Wildman–Crippen MR) is 105 cm³/mol. The van der Waals surface area contributed by atoms with Crippen LogP contribution in [-0.4, -0.2) is 16.6 Å². The standard InChI is InChI=1S/C19H17BrN2O2S/c1-12-5-3-8-16(13(12)2)22-18(23)11-25-19-21-10-17(24-19)14-6-4-7-15(20)9-14/h3-10H,11H2,1-2H3,(H,22,23). The van der Waals surface area contributed by atoms with Gasteiger partial charge in [-0.05, 0) is 43.2 Å². The monoisotopic (exact) mass is 416 g/mol. The lowest BCUT2D eigenvalue weighted by molar-refractivity contribution is -0.113. The highest BCUT2D eigenvalue weighted by molar-refractivity contribution is 9.10. The second-order valence-corrected chi connectivity index (χ2v) is 7.43. The SMILES string of the molecule is Cc1cccc(NC(=O)CSc2ncc(-c3cccc(Br)c3)o2)c1C. The van der Waals surface area contributed by atoms with Gasteiger partial charge in [0.05, 0.1) is 11.9 Å². The van der Waals surface area contributed by atoms with Gasteiger partial charge in [-0.15, -0.1) is 0 Å². The van der Waals surface area contributed by atoms with Crippen LogP contribution in [0.4, 0.5) is 5.69 Å². The first-order chi connectivity index (χ1) is 12.0. The third-order valence-corrected chi connectivity index (χ3v) is 5.13. The van der Waals surface area contributed by atoms with Crippen molar-refractivity contribution in [3.05, 3.63) is 64.3 Å². The number of nitrogens with zero attached hydrogens (tertiary/aromatic N) is 1. The summed E-state index contributed by atoms with van der Waals surface area (Å²) >= 11 is 4.71. The molecule has 1 heterocycles. The number of benzene rings is 2. The van der Waals surface area contributed by atoms with Crippen molar-refractivity contribution in [1.82, 2.24) is 4.98 Å². The van der Waals surface area contributed by atoms with Crippen LogP contribution in [0.25, 0.3) is 11.3 Å². The number of thioether (sulfide) groups is 1. The van der Waals surface area contributed by atoms with Gasteiger partial charge >= 0.3 is 0 Å². The van der Waals surface area contributed by atoms with Crippen molar-refractivity contribution in [3.8, 4) is 11.3 Å². The number of carbonyl (C=O) groups is 1. The summed E-state index contributed by atoms with van der Waals surface area (Å²) in [6.45, 7) is 4.02. The highest BCUT2D eigenvalue weighted by Gasteiger charge is 2.11. The lowest BCUT2D eigenvalue weighted by atomic mass is 10.1. The van der Waals surface area contributed by atoms with Crippen molar-refractivity contribution in [3.63, 3.8) is 0 Å². The van der Waals surface area contributed by atoms with Crippen LogP contribution in [0, 0.1) is 13.8 Å². The number of aryl methyl sites for hydroxylation is 1. The molecule has 0 radical (unpaired) electrons. The van der Waals surface area contributed by atoms with Gasteiger partial charge in [0.2, 0.25) is 5.91 Å². The number of hydrogen-bond acceptors (Lipinski definition) is 4. The molecular formula is C19H17BrN2O2S. The van der Waals surface area contributed by atoms with E-state index in [-0.39, 0.29) is 11.7 Å². The van der Waals surface area contributed by atoms with Crippen molar-refractivity contribution in [2.75, 3.05) is 11.1 Å². The molecule has 0 saturated carbocycles. The maximum absolute atomic E-state index is 12.2. The Morgan fingerprint density at radius 2 is 2.04 bits per heavy atom. The number of halogens is 1. The normalized spacial score (nSPS) is 10.7. The van der Waals surface area contributed by atoms with E-state index in [1.54, 1.807) is 6.20 Å². The van der Waals surface area contributed by atoms with Crippen LogP contribution in [-0.2, 0) is 4.79 Å². The Morgan fingerprint density at radius 3 is 2.84 bits per heavy atom. The van der Waals surface area contributed by atoms with Crippen LogP contribution < -0.4 is 5.32 Å². The molecule has 2 aromatic carbocycles. The molecule has 25 heavy (non-hydrogen) atoms. The number of carbonyl (C=O) groups excluding carboxylic acids is 1. The van der Waals surface area contributed by atoms with Crippen LogP contribution in [0.5, 0.6) is 0 Å². The van der Waals surface area contributed by atoms with Gasteiger partial charge in [0.1, 0.15) is 0 Å². The molecular weight excluding hydrogens is 400 g/mol. The first kappa shape index (κ1) is 17.8. The highest BCUT2D eigenvalue weighted by Crippen LogP contribution is 2.27. The number of nitrogens with one attached hydrogen (secondary N) is 1. The average molecular weight is 417 g/mol. The molecule has 0 aliphatic rings. The molecule has 1 N–H and O–H groups in total. The Balaban J connectivity index is 1.60. The largest absolute Gasteiger partial charge is 0.431 e. The molecule has 0 fully saturated rings. The third-order valence-electron chi connectivity index (χ3n) is 3.80. The molecule has 3 rings (SSSR count). The van der Waals surface area contributed by atoms with Gasteiger partial charge in [-0.2, -0.15) is 0 Å². The molecule has 0 unspecified atom stereocenters. The van der Waals surface area contributed by atoms with Gasteiger partial charge in [-0.25, -0.2) is 4.98 Å². The van der Waals surface area contributed by atoms with E-state index in [1.165, 1.54) is 11.8 Å². The fraction of sp³-hybridized carbons (Fsp3) is 0.158. The molecule has 1 amide bonds. The third kappa shape index (κ3) is 4.52. The van der Waals surface area contributed by atoms with Gasteiger partial charge in [-0.1, -0.05) is 52.0 Å². The maximum Gasteiger partial charge on any atom is 0.256 e. The summed E-state index contributed by atoms with van der Waals surface area (Å²) in [5, 5.41) is 3.41. The minimum Gasteiger partial charge on any atom is -0.431 e. The molecule has 0 atom stereocenters. The average Bonchev–Trinajstić information content (AvgIpc) is 3.06. The first-order valence-electron chi connectivity index (χ1n) is 7.73. The van der Waals surface area contributed by atoms with Crippen LogP contribution in [0.1, 0.15) is 11.1 Å². The predicted octanol–water partition coefficient (Wildman–Crippen LogP) is 5.45. The molecule has 0 spiro atoms. The summed E-state index contributed by atoms with van der Waals surface area (Å²) in [5.74, 6) is 0.839. The number of rotatable bonds is 5. The zero-order chi connectivity index (χ0) is 17.8. The summed E-state index contributed by atoms with van der Waals surface area (Å²) in [4.78, 5) is 16.4. The minimum absolute atomic E-state index is 0.0825. The summed E-state index contributed by atoms with van der Waals surface area (Å²) in [6.07, 6.45) is 1.67. The summed E-state index contributed by atoms with van der Waals surface area (Å²) in [7, 11) is 0. The second kappa shape index (κ2) is 7.89. The van der Waals surface area contributed by atoms with Crippen LogP contribution in [0.3, 0.4) is 0 Å². The number of amides is 1. The topological polar surface area (TPSA) is 55.1 Å². The molecule has 128 valence electrons. The van der Waals surface area contributed by atoms with Crippen LogP contribution in [0.2, 0.25) is 0 Å². The number of hydrogen-bond donors (Lipinski definition) is 1. The van der Waals surface area contributed by atoms with E-state index >= 15 is 0 Å². The summed E-state index contributed by atoms with van der Waals surface area (Å²) in [5.41, 5.74) is 4.01. The number of oxazole rings is 1. The zero-order valence-corrected chi connectivity index (χ0v) is 16.3. The fourth-order valence-corrected chi connectivity index (χ4v) is 3.30. The van der Waals surface area contributed by atoms with E-state index in [4.69, 9.17) is 4.42 Å². The fourth-order valence-electron chi connectivity index (χ4n) is 2.30. The van der Waals surface area contributed by atoms with Gasteiger partial charge in [0.15, 0.2) is 5.76 Å².